The topological polar surface area (TPSA) is 116 Å². The number of non-ortho nitro benzene ring substituents is 1. The summed E-state index contributed by atoms with van der Waals surface area (Å²) in [5.74, 6) is 1.04. The van der Waals surface area contributed by atoms with E-state index >= 15 is 0 Å². The summed E-state index contributed by atoms with van der Waals surface area (Å²) in [6.45, 7) is 0. The summed E-state index contributed by atoms with van der Waals surface area (Å²) >= 11 is 6.11. The lowest BCUT2D eigenvalue weighted by Crippen LogP contribution is -2.18. The molecule has 0 saturated heterocycles. The molecule has 0 fully saturated rings. The minimum absolute atomic E-state index is 0.110. The van der Waals surface area contributed by atoms with Crippen molar-refractivity contribution in [1.29, 1.82) is 0 Å². The minimum atomic E-state index is -0.520. The quantitative estimate of drug-likeness (QED) is 0.340. The third-order valence-corrected chi connectivity index (χ3v) is 4.39. The van der Waals surface area contributed by atoms with E-state index in [4.69, 9.17) is 25.5 Å². The van der Waals surface area contributed by atoms with Crippen molar-refractivity contribution in [2.24, 2.45) is 5.10 Å². The molecule has 0 atom stereocenters. The van der Waals surface area contributed by atoms with E-state index in [0.29, 0.717) is 33.6 Å². The predicted octanol–water partition coefficient (Wildman–Crippen LogP) is 4.29. The number of hydrogen-bond donors (Lipinski definition) is 1. The number of nitrogens with zero attached hydrogens (tertiary/aromatic N) is 2. The van der Waals surface area contributed by atoms with E-state index < -0.39 is 10.8 Å². The molecule has 3 rings (SSSR count). The molecule has 1 aromatic heterocycles. The number of furan rings is 1. The van der Waals surface area contributed by atoms with E-state index in [-0.39, 0.29) is 11.3 Å². The van der Waals surface area contributed by atoms with E-state index in [0.717, 1.165) is 0 Å². The molecule has 0 aliphatic rings. The number of nitro groups is 1. The number of carbonyl (C=O) groups excluding carboxylic acids is 1. The molecule has 10 heteroatoms. The zero-order valence-corrected chi connectivity index (χ0v) is 16.7. The lowest BCUT2D eigenvalue weighted by molar-refractivity contribution is -0.384. The summed E-state index contributed by atoms with van der Waals surface area (Å²) in [5.41, 5.74) is 2.92. The maximum absolute atomic E-state index is 12.3. The Bertz CT molecular complexity index is 1130. The normalized spacial score (nSPS) is 10.8. The van der Waals surface area contributed by atoms with Crippen LogP contribution in [0, 0.1) is 10.1 Å². The molecule has 0 spiro atoms. The van der Waals surface area contributed by atoms with Gasteiger partial charge in [-0.15, -0.1) is 0 Å². The molecule has 0 aliphatic heterocycles. The van der Waals surface area contributed by atoms with Crippen LogP contribution in [0.25, 0.3) is 11.3 Å². The molecule has 0 unspecified atom stereocenters. The molecule has 3 aromatic rings. The predicted molar refractivity (Wildman–Crippen MR) is 110 cm³/mol. The molecule has 1 amide bonds. The van der Waals surface area contributed by atoms with Gasteiger partial charge in [0.15, 0.2) is 0 Å². The Morgan fingerprint density at radius 2 is 1.97 bits per heavy atom. The van der Waals surface area contributed by atoms with E-state index in [9.17, 15) is 14.9 Å². The van der Waals surface area contributed by atoms with Gasteiger partial charge in [-0.3, -0.25) is 14.9 Å². The van der Waals surface area contributed by atoms with Gasteiger partial charge in [0.2, 0.25) is 0 Å². The molecular weight excluding hydrogens is 414 g/mol. The van der Waals surface area contributed by atoms with Crippen LogP contribution in [0.2, 0.25) is 5.02 Å². The van der Waals surface area contributed by atoms with Crippen molar-refractivity contribution in [3.05, 3.63) is 75.0 Å². The summed E-state index contributed by atoms with van der Waals surface area (Å²) in [6, 6.07) is 12.0. The van der Waals surface area contributed by atoms with Crippen molar-refractivity contribution < 1.29 is 23.6 Å². The number of hydrazone groups is 1. The number of halogens is 1. The lowest BCUT2D eigenvalue weighted by Gasteiger charge is -2.08. The fourth-order valence-corrected chi connectivity index (χ4v) is 2.79. The van der Waals surface area contributed by atoms with Crippen LogP contribution < -0.4 is 14.9 Å². The SMILES string of the molecule is COc1ccc(C(=O)N/N=C\c2ccc(-c3cc([N+](=O)[O-])ccc3Cl)o2)c(OC)c1. The maximum Gasteiger partial charge on any atom is 0.275 e. The Kier molecular flexibility index (Phi) is 6.33. The summed E-state index contributed by atoms with van der Waals surface area (Å²) in [6.07, 6.45) is 1.29. The van der Waals surface area contributed by atoms with Crippen molar-refractivity contribution in [3.63, 3.8) is 0 Å². The molecule has 1 heterocycles. The van der Waals surface area contributed by atoms with Crippen LogP contribution in [0.1, 0.15) is 16.1 Å². The standard InChI is InChI=1S/C20H16ClN3O6/c1-28-13-4-6-15(19(10-13)29-2)20(25)23-22-11-14-5-8-18(30-14)16-9-12(24(26)27)3-7-17(16)21/h3-11H,1-2H3,(H,23,25)/b22-11-. The van der Waals surface area contributed by atoms with Crippen molar-refractivity contribution in [1.82, 2.24) is 5.43 Å². The summed E-state index contributed by atoms with van der Waals surface area (Å²) < 4.78 is 15.9. The smallest absolute Gasteiger partial charge is 0.275 e. The Morgan fingerprint density at radius 3 is 2.67 bits per heavy atom. The van der Waals surface area contributed by atoms with Crippen LogP contribution in [-0.4, -0.2) is 31.3 Å². The highest BCUT2D eigenvalue weighted by atomic mass is 35.5. The first-order chi connectivity index (χ1) is 14.4. The zero-order chi connectivity index (χ0) is 21.7. The van der Waals surface area contributed by atoms with Gasteiger partial charge < -0.3 is 13.9 Å². The second-order valence-corrected chi connectivity index (χ2v) is 6.30. The number of amides is 1. The number of benzene rings is 2. The molecule has 30 heavy (non-hydrogen) atoms. The maximum atomic E-state index is 12.3. The second-order valence-electron chi connectivity index (χ2n) is 5.89. The first-order valence-electron chi connectivity index (χ1n) is 8.52. The number of nitro benzene ring substituents is 1. The highest BCUT2D eigenvalue weighted by Gasteiger charge is 2.15. The average molecular weight is 430 g/mol. The van der Waals surface area contributed by atoms with E-state index in [1.54, 1.807) is 30.3 Å². The fraction of sp³-hybridized carbons (Fsp3) is 0.100. The van der Waals surface area contributed by atoms with Gasteiger partial charge in [-0.05, 0) is 30.3 Å². The van der Waals surface area contributed by atoms with Crippen LogP contribution in [0.4, 0.5) is 5.69 Å². The molecule has 0 bridgehead atoms. The van der Waals surface area contributed by atoms with Crippen LogP contribution in [-0.2, 0) is 0 Å². The molecule has 154 valence electrons. The van der Waals surface area contributed by atoms with E-state index in [1.807, 2.05) is 0 Å². The van der Waals surface area contributed by atoms with Crippen LogP contribution in [0.15, 0.2) is 58.0 Å². The molecule has 0 saturated carbocycles. The number of methoxy groups -OCH3 is 2. The molecule has 9 nitrogen and oxygen atoms in total. The second kappa shape index (κ2) is 9.10. The molecule has 0 radical (unpaired) electrons. The minimum Gasteiger partial charge on any atom is -0.497 e. The van der Waals surface area contributed by atoms with Crippen LogP contribution >= 0.6 is 11.6 Å². The van der Waals surface area contributed by atoms with Crippen molar-refractivity contribution in [3.8, 4) is 22.8 Å². The van der Waals surface area contributed by atoms with Crippen molar-refractivity contribution in [2.75, 3.05) is 14.2 Å². The van der Waals surface area contributed by atoms with Crippen LogP contribution in [0.5, 0.6) is 11.5 Å². The molecule has 1 N–H and O–H groups in total. The van der Waals surface area contributed by atoms with Gasteiger partial charge in [-0.1, -0.05) is 11.6 Å². The number of carbonyl (C=O) groups is 1. The van der Waals surface area contributed by atoms with E-state index in [1.165, 1.54) is 38.6 Å². The Hall–Kier alpha value is -3.85. The monoisotopic (exact) mass is 429 g/mol. The van der Waals surface area contributed by atoms with Gasteiger partial charge in [-0.25, -0.2) is 5.43 Å². The van der Waals surface area contributed by atoms with Gasteiger partial charge in [-0.2, -0.15) is 5.10 Å². The summed E-state index contributed by atoms with van der Waals surface area (Å²) in [4.78, 5) is 22.8. The van der Waals surface area contributed by atoms with Crippen LogP contribution in [0.3, 0.4) is 0 Å². The van der Waals surface area contributed by atoms with Gasteiger partial charge in [0.1, 0.15) is 23.0 Å². The number of ether oxygens (including phenoxy) is 2. The average Bonchev–Trinajstić information content (AvgIpc) is 3.21. The zero-order valence-electron chi connectivity index (χ0n) is 15.9. The fourth-order valence-electron chi connectivity index (χ4n) is 2.58. The first-order valence-corrected chi connectivity index (χ1v) is 8.90. The summed E-state index contributed by atoms with van der Waals surface area (Å²) in [7, 11) is 2.95. The van der Waals surface area contributed by atoms with Gasteiger partial charge in [0, 0.05) is 23.8 Å². The Morgan fingerprint density at radius 1 is 1.17 bits per heavy atom. The number of hydrogen-bond acceptors (Lipinski definition) is 7. The van der Waals surface area contributed by atoms with Gasteiger partial charge >= 0.3 is 0 Å². The highest BCUT2D eigenvalue weighted by Crippen LogP contribution is 2.32. The summed E-state index contributed by atoms with van der Waals surface area (Å²) in [5, 5.41) is 15.1. The van der Waals surface area contributed by atoms with Crippen molar-refractivity contribution in [2.45, 2.75) is 0 Å². The molecular formula is C20H16ClN3O6. The number of nitrogens with one attached hydrogen (secondary N) is 1. The third-order valence-electron chi connectivity index (χ3n) is 4.06. The highest BCUT2D eigenvalue weighted by molar-refractivity contribution is 6.33. The molecule has 2 aromatic carbocycles. The Labute approximate surface area is 176 Å². The number of rotatable bonds is 7. The van der Waals surface area contributed by atoms with E-state index in [2.05, 4.69) is 10.5 Å². The largest absolute Gasteiger partial charge is 0.497 e. The third kappa shape index (κ3) is 4.58. The van der Waals surface area contributed by atoms with Crippen molar-refractivity contribution >= 4 is 29.4 Å². The van der Waals surface area contributed by atoms with Gasteiger partial charge in [0.25, 0.3) is 11.6 Å². The Balaban J connectivity index is 1.73. The first kappa shape index (κ1) is 20.9. The lowest BCUT2D eigenvalue weighted by atomic mass is 10.1. The molecule has 0 aliphatic carbocycles. The van der Waals surface area contributed by atoms with Gasteiger partial charge in [0.05, 0.1) is 35.9 Å².